The number of benzene rings is 1. The van der Waals surface area contributed by atoms with Gasteiger partial charge in [-0.05, 0) is 56.0 Å². The summed E-state index contributed by atoms with van der Waals surface area (Å²) >= 11 is 0. The number of hydrogen-bond donors (Lipinski definition) is 1. The molecule has 0 saturated heterocycles. The van der Waals surface area contributed by atoms with Gasteiger partial charge < -0.3 is 5.73 Å². The number of nitrogen functional groups attached to an aromatic ring is 1. The van der Waals surface area contributed by atoms with E-state index in [0.29, 0.717) is 0 Å². The highest BCUT2D eigenvalue weighted by molar-refractivity contribution is 5.58. The molecule has 1 radical (unpaired) electrons. The molecule has 0 aromatic heterocycles. The second-order valence-electron chi connectivity index (χ2n) is 3.04. The first kappa shape index (κ1) is 8.12. The maximum Gasteiger partial charge on any atom is 0.0379 e. The molecule has 11 heavy (non-hydrogen) atoms. The molecular formula is C10H14N. The van der Waals surface area contributed by atoms with E-state index < -0.39 is 0 Å². The lowest BCUT2D eigenvalue weighted by atomic mass is 9.99. The van der Waals surface area contributed by atoms with Crippen LogP contribution in [0.1, 0.15) is 22.3 Å². The zero-order valence-electron chi connectivity index (χ0n) is 7.58. The van der Waals surface area contributed by atoms with Crippen LogP contribution < -0.4 is 5.73 Å². The van der Waals surface area contributed by atoms with Gasteiger partial charge in [-0.25, -0.2) is 0 Å². The van der Waals surface area contributed by atoms with Crippen molar-refractivity contribution in [3.63, 3.8) is 0 Å². The number of nitrogens with two attached hydrogens (primary N) is 1. The second-order valence-corrected chi connectivity index (χ2v) is 3.04. The Balaban J connectivity index is 3.46. The van der Waals surface area contributed by atoms with E-state index in [2.05, 4.69) is 6.07 Å². The minimum absolute atomic E-state index is 0.916. The summed E-state index contributed by atoms with van der Waals surface area (Å²) in [6.45, 7) is 8.15. The van der Waals surface area contributed by atoms with Gasteiger partial charge in [0.15, 0.2) is 0 Å². The molecule has 0 aliphatic heterocycles. The van der Waals surface area contributed by atoms with Crippen LogP contribution in [0.3, 0.4) is 0 Å². The zero-order chi connectivity index (χ0) is 8.59. The topological polar surface area (TPSA) is 26.0 Å². The monoisotopic (exact) mass is 148 g/mol. The Bertz CT molecular complexity index is 261. The Morgan fingerprint density at radius 1 is 0.909 bits per heavy atom. The summed E-state index contributed by atoms with van der Waals surface area (Å²) < 4.78 is 0. The Morgan fingerprint density at radius 3 is 1.64 bits per heavy atom. The van der Waals surface area contributed by atoms with Gasteiger partial charge in [-0.3, -0.25) is 0 Å². The fraction of sp³-hybridized carbons (Fsp3) is 0.400. The van der Waals surface area contributed by atoms with Crippen LogP contribution in [-0.4, -0.2) is 0 Å². The molecule has 1 nitrogen and oxygen atoms in total. The lowest BCUT2D eigenvalue weighted by Crippen LogP contribution is -1.98. The van der Waals surface area contributed by atoms with Gasteiger partial charge in [0.1, 0.15) is 0 Å². The molecule has 0 bridgehead atoms. The van der Waals surface area contributed by atoms with Crippen LogP contribution in [0.2, 0.25) is 0 Å². The highest BCUT2D eigenvalue weighted by Gasteiger charge is 2.03. The fourth-order valence-electron chi connectivity index (χ4n) is 1.15. The molecule has 1 aromatic carbocycles. The number of rotatable bonds is 0. The van der Waals surface area contributed by atoms with Crippen molar-refractivity contribution in [3.05, 3.63) is 28.3 Å². The highest BCUT2D eigenvalue weighted by atomic mass is 14.6. The third-order valence-corrected chi connectivity index (χ3v) is 2.31. The first-order valence-electron chi connectivity index (χ1n) is 3.79. The number of anilines is 1. The van der Waals surface area contributed by atoms with E-state index >= 15 is 0 Å². The summed E-state index contributed by atoms with van der Waals surface area (Å²) in [7, 11) is 0. The summed E-state index contributed by atoms with van der Waals surface area (Å²) in [5.41, 5.74) is 11.4. The zero-order valence-corrected chi connectivity index (χ0v) is 7.58. The molecule has 1 heteroatoms. The summed E-state index contributed by atoms with van der Waals surface area (Å²) in [5.74, 6) is 0. The Hall–Kier alpha value is -0.980. The molecule has 0 atom stereocenters. The minimum Gasteiger partial charge on any atom is -0.398 e. The van der Waals surface area contributed by atoms with Gasteiger partial charge in [-0.2, -0.15) is 0 Å². The van der Waals surface area contributed by atoms with E-state index in [0.717, 1.165) is 27.9 Å². The van der Waals surface area contributed by atoms with Crippen LogP contribution in [-0.2, 0) is 0 Å². The SMILES string of the molecule is Cc1[c]c(C)c(C)c(N)c1C. The molecular weight excluding hydrogens is 134 g/mol. The van der Waals surface area contributed by atoms with Crippen molar-refractivity contribution in [3.8, 4) is 0 Å². The van der Waals surface area contributed by atoms with Crippen molar-refractivity contribution in [2.75, 3.05) is 5.73 Å². The van der Waals surface area contributed by atoms with Gasteiger partial charge in [0.2, 0.25) is 0 Å². The van der Waals surface area contributed by atoms with E-state index in [1.54, 1.807) is 0 Å². The first-order valence-corrected chi connectivity index (χ1v) is 3.79. The standard InChI is InChI=1S/C10H14N/c1-6-5-7(2)9(4)10(11)8(6)3/h11H2,1-4H3. The van der Waals surface area contributed by atoms with Crippen molar-refractivity contribution < 1.29 is 0 Å². The van der Waals surface area contributed by atoms with Crippen molar-refractivity contribution >= 4 is 5.69 Å². The predicted octanol–water partition coefficient (Wildman–Crippen LogP) is 2.30. The van der Waals surface area contributed by atoms with Gasteiger partial charge in [0, 0.05) is 5.69 Å². The third kappa shape index (κ3) is 1.23. The van der Waals surface area contributed by atoms with E-state index in [4.69, 9.17) is 5.73 Å². The van der Waals surface area contributed by atoms with Gasteiger partial charge >= 0.3 is 0 Å². The van der Waals surface area contributed by atoms with Crippen molar-refractivity contribution in [2.45, 2.75) is 27.7 Å². The Labute approximate surface area is 68.2 Å². The van der Waals surface area contributed by atoms with Gasteiger partial charge in [-0.1, -0.05) is 0 Å². The summed E-state index contributed by atoms with van der Waals surface area (Å²) in [6.07, 6.45) is 0. The van der Waals surface area contributed by atoms with Crippen molar-refractivity contribution in [1.82, 2.24) is 0 Å². The van der Waals surface area contributed by atoms with E-state index in [1.165, 1.54) is 0 Å². The molecule has 0 spiro atoms. The molecule has 1 aromatic rings. The molecule has 59 valence electrons. The van der Waals surface area contributed by atoms with Crippen LogP contribution in [0.4, 0.5) is 5.69 Å². The molecule has 0 amide bonds. The molecule has 0 saturated carbocycles. The maximum atomic E-state index is 5.86. The van der Waals surface area contributed by atoms with Crippen LogP contribution in [0.5, 0.6) is 0 Å². The smallest absolute Gasteiger partial charge is 0.0379 e. The predicted molar refractivity (Wildman–Crippen MR) is 48.6 cm³/mol. The normalized spacial score (nSPS) is 10.2. The van der Waals surface area contributed by atoms with Crippen molar-refractivity contribution in [1.29, 1.82) is 0 Å². The van der Waals surface area contributed by atoms with Gasteiger partial charge in [-0.15, -0.1) is 0 Å². The molecule has 0 unspecified atom stereocenters. The highest BCUT2D eigenvalue weighted by Crippen LogP contribution is 2.22. The second kappa shape index (κ2) is 2.57. The molecule has 1 rings (SSSR count). The third-order valence-electron chi connectivity index (χ3n) is 2.31. The number of hydrogen-bond acceptors (Lipinski definition) is 1. The minimum atomic E-state index is 0.916. The molecule has 0 aliphatic carbocycles. The van der Waals surface area contributed by atoms with E-state index in [-0.39, 0.29) is 0 Å². The average molecular weight is 148 g/mol. The molecule has 0 heterocycles. The lowest BCUT2D eigenvalue weighted by Gasteiger charge is -2.09. The van der Waals surface area contributed by atoms with Gasteiger partial charge in [0.25, 0.3) is 0 Å². The fourth-order valence-corrected chi connectivity index (χ4v) is 1.15. The first-order chi connectivity index (χ1) is 5.04. The maximum absolute atomic E-state index is 5.86. The van der Waals surface area contributed by atoms with E-state index in [1.807, 2.05) is 27.7 Å². The molecule has 2 N–H and O–H groups in total. The lowest BCUT2D eigenvalue weighted by molar-refractivity contribution is 1.24. The number of aryl methyl sites for hydroxylation is 2. The average Bonchev–Trinajstić information content (AvgIpc) is 1.97. The Morgan fingerprint density at radius 2 is 1.27 bits per heavy atom. The summed E-state index contributed by atoms with van der Waals surface area (Å²) in [5, 5.41) is 0. The summed E-state index contributed by atoms with van der Waals surface area (Å²) in [4.78, 5) is 0. The van der Waals surface area contributed by atoms with Crippen molar-refractivity contribution in [2.24, 2.45) is 0 Å². The Kier molecular flexibility index (Phi) is 1.90. The van der Waals surface area contributed by atoms with Crippen LogP contribution in [0.15, 0.2) is 0 Å². The van der Waals surface area contributed by atoms with Crippen LogP contribution in [0, 0.1) is 33.8 Å². The largest absolute Gasteiger partial charge is 0.398 e. The molecule has 0 aliphatic rings. The van der Waals surface area contributed by atoms with Crippen LogP contribution >= 0.6 is 0 Å². The van der Waals surface area contributed by atoms with Crippen LogP contribution in [0.25, 0.3) is 0 Å². The van der Waals surface area contributed by atoms with Gasteiger partial charge in [0.05, 0.1) is 0 Å². The molecule has 0 fully saturated rings. The quantitative estimate of drug-likeness (QED) is 0.561. The summed E-state index contributed by atoms with van der Waals surface area (Å²) in [6, 6.07) is 3.27. The van der Waals surface area contributed by atoms with E-state index in [9.17, 15) is 0 Å².